The van der Waals surface area contributed by atoms with E-state index in [4.69, 9.17) is 0 Å². The van der Waals surface area contributed by atoms with Gasteiger partial charge < -0.3 is 0 Å². The molecule has 0 aromatic heterocycles. The number of aliphatic hydroxyl groups is 1. The molecule has 12 rings (SSSR count). The van der Waals surface area contributed by atoms with Crippen LogP contribution in [0.4, 0.5) is 0 Å². The molecule has 10 aliphatic rings. The first kappa shape index (κ1) is 14.4. The molecule has 160 valence electrons. The van der Waals surface area contributed by atoms with Crippen molar-refractivity contribution in [1.29, 1.82) is 0 Å². The standard InChI is InChI=1S/C22H21O3.C5H5.Fe/c23-15-3-6-21(16-4-1-2-5-16)22(17-7-11-19(24)12-8-17)18-9-13-20(25)14-10-18;1-2-4-5-3-1;/h1-2,4-5,7-14,23-25H,3,6,15H2;1-5H;. The second kappa shape index (κ2) is 1.90. The number of phenolic OH excluding ortho intramolecular Hbond substituents is 2. The molecular formula is C27H26FeO3. The molecule has 10 heterocycles. The Bertz CT molecular complexity index is 1580. The Morgan fingerprint density at radius 3 is 1.48 bits per heavy atom. The molecule has 10 aliphatic heterocycles. The van der Waals surface area contributed by atoms with E-state index in [1.165, 1.54) is 50.4 Å². The Hall–Kier alpha value is -1.74. The van der Waals surface area contributed by atoms with E-state index in [0.29, 0.717) is 15.8 Å². The predicted molar refractivity (Wildman–Crippen MR) is 115 cm³/mol. The average molecular weight is 454 g/mol. The summed E-state index contributed by atoms with van der Waals surface area (Å²) in [4.78, 5) is 11.2. The van der Waals surface area contributed by atoms with Crippen molar-refractivity contribution in [2.24, 2.45) is 0 Å². The quantitative estimate of drug-likeness (QED) is 0.441. The molecule has 31 heavy (non-hydrogen) atoms. The molecule has 0 radical (unpaired) electrons. The summed E-state index contributed by atoms with van der Waals surface area (Å²) in [5, 5.41) is 29.8. The van der Waals surface area contributed by atoms with E-state index in [0.717, 1.165) is 22.5 Å². The number of fused-ring (bicyclic) bond motifs is 10. The van der Waals surface area contributed by atoms with Crippen LogP contribution >= 0.6 is 0 Å². The second-order valence-corrected chi connectivity index (χ2v) is 38.0. The van der Waals surface area contributed by atoms with Crippen molar-refractivity contribution in [3.63, 3.8) is 0 Å². The van der Waals surface area contributed by atoms with Crippen molar-refractivity contribution in [2.75, 3.05) is 6.61 Å². The van der Waals surface area contributed by atoms with Crippen LogP contribution in [0.25, 0.3) is 5.57 Å². The predicted octanol–water partition coefficient (Wildman–Crippen LogP) is 6.43. The van der Waals surface area contributed by atoms with Gasteiger partial charge in [0, 0.05) is 0 Å². The normalized spacial score (nSPS) is 70.3. The van der Waals surface area contributed by atoms with Gasteiger partial charge in [-0.15, -0.1) is 0 Å². The molecular weight excluding hydrogens is 428 g/mol. The van der Waals surface area contributed by atoms with E-state index in [9.17, 15) is 15.3 Å². The number of hydrogen-bond donors (Lipinski definition) is 3. The number of rotatable bonds is 6. The molecule has 2 aromatic carbocycles. The molecule has 1 spiro atoms. The van der Waals surface area contributed by atoms with Crippen LogP contribution in [-0.2, 0) is 6.51 Å². The molecule has 0 aliphatic carbocycles. The van der Waals surface area contributed by atoms with E-state index in [1.54, 1.807) is 5.57 Å². The fourth-order valence-electron chi connectivity index (χ4n) is 19.6. The summed E-state index contributed by atoms with van der Waals surface area (Å²) in [6, 6.07) is 15.6. The SMILES string of the molecule is OCCCC(=C(c1ccc(O)cc1)c1ccc(O)cc1)[C]12[CH]3[CH]4[CH]5[CH]1[Fe]45321678[CH]2[CH]1[CH]6[CH]7[CH]28. The molecule has 0 bridgehead atoms. The van der Waals surface area contributed by atoms with Crippen LogP contribution in [0.3, 0.4) is 0 Å². The zero-order valence-electron chi connectivity index (χ0n) is 17.1. The summed E-state index contributed by atoms with van der Waals surface area (Å²) in [6.07, 6.45) is 1.88. The number of allylic oxidation sites excluding steroid dienone is 1. The zero-order valence-corrected chi connectivity index (χ0v) is 18.2. The van der Waals surface area contributed by atoms with Crippen LogP contribution in [0, 0.1) is 0 Å². The number of phenols is 2. The van der Waals surface area contributed by atoms with Crippen molar-refractivity contribution in [3.8, 4) is 11.5 Å². The van der Waals surface area contributed by atoms with Gasteiger partial charge in [0.25, 0.3) is 0 Å². The summed E-state index contributed by atoms with van der Waals surface area (Å²) in [6.45, 7) is -3.13. The molecule has 10 fully saturated rings. The molecule has 3 N–H and O–H groups in total. The minimum atomic E-state index is -3.39. The monoisotopic (exact) mass is 454 g/mol. The fourth-order valence-corrected chi connectivity index (χ4v) is 94.0. The zero-order chi connectivity index (χ0) is 20.3. The maximum absolute atomic E-state index is 9.97. The second-order valence-electron chi connectivity index (χ2n) is 14.5. The molecule has 4 unspecified atom stereocenters. The number of hydrogen-bond acceptors (Lipinski definition) is 3. The van der Waals surface area contributed by atoms with Gasteiger partial charge in [-0.3, -0.25) is 0 Å². The Labute approximate surface area is 171 Å². The fraction of sp³-hybridized carbons (Fsp3) is 0.481. The van der Waals surface area contributed by atoms with Crippen LogP contribution < -0.4 is 0 Å². The summed E-state index contributed by atoms with van der Waals surface area (Å²) >= 11 is 0. The first-order valence-electron chi connectivity index (χ1n) is 12.0. The van der Waals surface area contributed by atoms with E-state index in [-0.39, 0.29) is 6.61 Å². The van der Waals surface area contributed by atoms with Crippen molar-refractivity contribution < 1.29 is 21.8 Å². The van der Waals surface area contributed by atoms with Crippen LogP contribution in [0.2, 0.25) is 47.7 Å². The molecule has 10 saturated heterocycles. The first-order valence-corrected chi connectivity index (χ1v) is 18.3. The number of aromatic hydroxyl groups is 2. The summed E-state index contributed by atoms with van der Waals surface area (Å²) in [5.41, 5.74) is 5.51. The number of aliphatic hydroxyl groups excluding tert-OH is 1. The van der Waals surface area contributed by atoms with Gasteiger partial charge in [0.15, 0.2) is 0 Å². The summed E-state index contributed by atoms with van der Waals surface area (Å²) in [7, 11) is 0. The summed E-state index contributed by atoms with van der Waals surface area (Å²) in [5.74, 6) is 0.618. The molecule has 4 atom stereocenters. The van der Waals surface area contributed by atoms with Gasteiger partial charge in [0.1, 0.15) is 0 Å². The molecule has 4 heteroatoms. The van der Waals surface area contributed by atoms with Crippen molar-refractivity contribution >= 4 is 5.57 Å². The van der Waals surface area contributed by atoms with E-state index in [2.05, 4.69) is 24.3 Å². The van der Waals surface area contributed by atoms with Gasteiger partial charge in [0.2, 0.25) is 0 Å². The van der Waals surface area contributed by atoms with Crippen LogP contribution in [0.5, 0.6) is 11.5 Å². The maximum atomic E-state index is 9.97. The minimum absolute atomic E-state index is 0.259. The van der Waals surface area contributed by atoms with Crippen molar-refractivity contribution in [1.82, 2.24) is 0 Å². The molecule has 0 amide bonds. The molecule has 3 nitrogen and oxygen atoms in total. The van der Waals surface area contributed by atoms with E-state index in [1.807, 2.05) is 24.3 Å². The third kappa shape index (κ3) is 0.304. The van der Waals surface area contributed by atoms with Gasteiger partial charge in [-0.1, -0.05) is 0 Å². The van der Waals surface area contributed by atoms with Gasteiger partial charge in [-0.2, -0.15) is 0 Å². The van der Waals surface area contributed by atoms with E-state index < -0.39 is 6.51 Å². The Morgan fingerprint density at radius 1 is 0.710 bits per heavy atom. The molecule has 0 saturated carbocycles. The summed E-state index contributed by atoms with van der Waals surface area (Å²) < 4.78 is 0.624. The first-order chi connectivity index (χ1) is 14.9. The number of benzene rings is 2. The van der Waals surface area contributed by atoms with Crippen molar-refractivity contribution in [3.05, 3.63) is 65.2 Å². The Kier molecular flexibility index (Phi) is 0.881. The van der Waals surface area contributed by atoms with Crippen LogP contribution in [-0.4, -0.2) is 21.9 Å². The Morgan fingerprint density at radius 2 is 1.16 bits per heavy atom. The van der Waals surface area contributed by atoms with Gasteiger partial charge in [-0.25, -0.2) is 0 Å². The molecule has 2 aromatic rings. The third-order valence-electron chi connectivity index (χ3n) is 18.3. The Balaban J connectivity index is 1.21. The average Bonchev–Trinajstić information content (AvgIpc) is 3.72. The van der Waals surface area contributed by atoms with Crippen molar-refractivity contribution in [2.45, 2.75) is 60.5 Å². The topological polar surface area (TPSA) is 60.7 Å². The third-order valence-corrected chi connectivity index (χ3v) is 60.7. The van der Waals surface area contributed by atoms with Crippen LogP contribution in [0.1, 0.15) is 24.0 Å². The van der Waals surface area contributed by atoms with Crippen LogP contribution in [0.15, 0.2) is 54.1 Å². The van der Waals surface area contributed by atoms with Gasteiger partial charge >= 0.3 is 171 Å². The van der Waals surface area contributed by atoms with Gasteiger partial charge in [-0.05, 0) is 0 Å². The van der Waals surface area contributed by atoms with E-state index >= 15 is 0 Å². The van der Waals surface area contributed by atoms with Gasteiger partial charge in [0.05, 0.1) is 0 Å².